The van der Waals surface area contributed by atoms with Gasteiger partial charge in [-0.05, 0) is 24.1 Å². The lowest BCUT2D eigenvalue weighted by Crippen LogP contribution is -2.14. The van der Waals surface area contributed by atoms with E-state index in [1.165, 1.54) is 56.1 Å². The van der Waals surface area contributed by atoms with E-state index in [9.17, 15) is 0 Å². The molecule has 1 aromatic rings. The Kier molecular flexibility index (Phi) is 10.3. The van der Waals surface area contributed by atoms with Crippen LogP contribution in [0, 0.1) is 0 Å². The quantitative estimate of drug-likeness (QED) is 0.560. The zero-order valence-electron chi connectivity index (χ0n) is 13.3. The third-order valence-electron chi connectivity index (χ3n) is 3.59. The van der Waals surface area contributed by atoms with Gasteiger partial charge in [-0.1, -0.05) is 69.7 Å². The molecule has 1 N–H and O–H groups in total. The minimum absolute atomic E-state index is 0.700. The van der Waals surface area contributed by atoms with Crippen molar-refractivity contribution in [2.24, 2.45) is 0 Å². The number of benzene rings is 1. The number of ether oxygens (including phenoxy) is 1. The summed E-state index contributed by atoms with van der Waals surface area (Å²) in [4.78, 5) is 0. The van der Waals surface area contributed by atoms with Gasteiger partial charge in [-0.2, -0.15) is 0 Å². The molecule has 0 amide bonds. The van der Waals surface area contributed by atoms with E-state index < -0.39 is 0 Å². The van der Waals surface area contributed by atoms with Crippen molar-refractivity contribution in [1.29, 1.82) is 0 Å². The molecule has 0 bridgehead atoms. The van der Waals surface area contributed by atoms with E-state index in [2.05, 4.69) is 36.5 Å². The molecule has 0 heterocycles. The van der Waals surface area contributed by atoms with Crippen LogP contribution in [-0.2, 0) is 17.9 Å². The second kappa shape index (κ2) is 11.9. The van der Waals surface area contributed by atoms with Gasteiger partial charge in [-0.25, -0.2) is 0 Å². The van der Waals surface area contributed by atoms with E-state index in [0.29, 0.717) is 6.61 Å². The molecule has 0 unspecified atom stereocenters. The zero-order valence-corrected chi connectivity index (χ0v) is 13.3. The van der Waals surface area contributed by atoms with Crippen LogP contribution in [0.4, 0.5) is 0 Å². The first-order chi connectivity index (χ1) is 9.86. The van der Waals surface area contributed by atoms with Crippen LogP contribution in [0.3, 0.4) is 0 Å². The van der Waals surface area contributed by atoms with Gasteiger partial charge in [0.05, 0.1) is 6.61 Å². The summed E-state index contributed by atoms with van der Waals surface area (Å²) in [6.07, 6.45) is 9.61. The van der Waals surface area contributed by atoms with Crippen LogP contribution in [0.25, 0.3) is 0 Å². The summed E-state index contributed by atoms with van der Waals surface area (Å²) in [5.74, 6) is 0. The van der Waals surface area contributed by atoms with Crippen molar-refractivity contribution >= 4 is 0 Å². The maximum absolute atomic E-state index is 5.16. The Labute approximate surface area is 124 Å². The fraction of sp³-hybridized carbons (Fsp3) is 0.667. The van der Waals surface area contributed by atoms with Crippen molar-refractivity contribution in [2.45, 2.75) is 65.0 Å². The van der Waals surface area contributed by atoms with Crippen LogP contribution in [0.15, 0.2) is 24.3 Å². The predicted octanol–water partition coefficient (Wildman–Crippen LogP) is 4.67. The first kappa shape index (κ1) is 17.2. The van der Waals surface area contributed by atoms with Crippen LogP contribution in [0.5, 0.6) is 0 Å². The second-order valence-electron chi connectivity index (χ2n) is 5.55. The van der Waals surface area contributed by atoms with Gasteiger partial charge in [-0.15, -0.1) is 0 Å². The summed E-state index contributed by atoms with van der Waals surface area (Å²) in [7, 11) is 1.74. The predicted molar refractivity (Wildman–Crippen MR) is 86.9 cm³/mol. The Hall–Kier alpha value is -0.860. The van der Waals surface area contributed by atoms with E-state index >= 15 is 0 Å². The number of hydrogen-bond donors (Lipinski definition) is 1. The normalized spacial score (nSPS) is 10.9. The highest BCUT2D eigenvalue weighted by molar-refractivity contribution is 5.22. The third-order valence-corrected chi connectivity index (χ3v) is 3.59. The van der Waals surface area contributed by atoms with E-state index in [1.807, 2.05) is 0 Å². The molecule has 2 heteroatoms. The standard InChI is InChI=1S/C18H31NO/c1-3-4-5-6-7-8-9-13-19-15-17-11-10-12-18(14-17)16-20-2/h10-12,14,19H,3-9,13,15-16H2,1-2H3. The lowest BCUT2D eigenvalue weighted by Gasteiger charge is -2.07. The monoisotopic (exact) mass is 277 g/mol. The van der Waals surface area contributed by atoms with Gasteiger partial charge in [0.25, 0.3) is 0 Å². The molecule has 2 nitrogen and oxygen atoms in total. The molecule has 0 fully saturated rings. The maximum Gasteiger partial charge on any atom is 0.0713 e. The van der Waals surface area contributed by atoms with Crippen LogP contribution >= 0.6 is 0 Å². The van der Waals surface area contributed by atoms with Gasteiger partial charge in [0, 0.05) is 13.7 Å². The fourth-order valence-corrected chi connectivity index (χ4v) is 2.44. The van der Waals surface area contributed by atoms with Crippen molar-refractivity contribution in [1.82, 2.24) is 5.32 Å². The summed E-state index contributed by atoms with van der Waals surface area (Å²) in [5, 5.41) is 3.53. The molecule has 1 rings (SSSR count). The van der Waals surface area contributed by atoms with Crippen molar-refractivity contribution in [2.75, 3.05) is 13.7 Å². The summed E-state index contributed by atoms with van der Waals surface area (Å²) < 4.78 is 5.16. The molecule has 0 saturated carbocycles. The topological polar surface area (TPSA) is 21.3 Å². The summed E-state index contributed by atoms with van der Waals surface area (Å²) >= 11 is 0. The molecule has 0 spiro atoms. The van der Waals surface area contributed by atoms with Gasteiger partial charge < -0.3 is 10.1 Å². The smallest absolute Gasteiger partial charge is 0.0713 e. The molecule has 0 saturated heterocycles. The molecule has 114 valence electrons. The lowest BCUT2D eigenvalue weighted by atomic mass is 10.1. The number of rotatable bonds is 12. The average molecular weight is 277 g/mol. The molecule has 0 radical (unpaired) electrons. The molecular formula is C18H31NO. The second-order valence-corrected chi connectivity index (χ2v) is 5.55. The highest BCUT2D eigenvalue weighted by Gasteiger charge is 1.96. The van der Waals surface area contributed by atoms with Gasteiger partial charge in [0.2, 0.25) is 0 Å². The van der Waals surface area contributed by atoms with Crippen LogP contribution in [0.2, 0.25) is 0 Å². The molecule has 0 aliphatic carbocycles. The maximum atomic E-state index is 5.16. The zero-order chi connectivity index (χ0) is 14.5. The molecule has 20 heavy (non-hydrogen) atoms. The lowest BCUT2D eigenvalue weighted by molar-refractivity contribution is 0.185. The van der Waals surface area contributed by atoms with Crippen molar-refractivity contribution in [3.05, 3.63) is 35.4 Å². The number of unbranched alkanes of at least 4 members (excludes halogenated alkanes) is 6. The number of nitrogens with one attached hydrogen (secondary N) is 1. The van der Waals surface area contributed by atoms with E-state index in [4.69, 9.17) is 4.74 Å². The summed E-state index contributed by atoms with van der Waals surface area (Å²) in [5.41, 5.74) is 2.60. The Bertz CT molecular complexity index is 338. The summed E-state index contributed by atoms with van der Waals surface area (Å²) in [6.45, 7) is 5.06. The Balaban J connectivity index is 2.02. The first-order valence-corrected chi connectivity index (χ1v) is 8.14. The number of hydrogen-bond acceptors (Lipinski definition) is 2. The summed E-state index contributed by atoms with van der Waals surface area (Å²) in [6, 6.07) is 8.63. The SMILES string of the molecule is CCCCCCCCCNCc1cccc(COC)c1. The Morgan fingerprint density at radius 2 is 1.65 bits per heavy atom. The van der Waals surface area contributed by atoms with Crippen LogP contribution < -0.4 is 5.32 Å². The van der Waals surface area contributed by atoms with Gasteiger partial charge in [-0.3, -0.25) is 0 Å². The van der Waals surface area contributed by atoms with Crippen LogP contribution in [-0.4, -0.2) is 13.7 Å². The van der Waals surface area contributed by atoms with Gasteiger partial charge in [0.1, 0.15) is 0 Å². The highest BCUT2D eigenvalue weighted by Crippen LogP contribution is 2.08. The Morgan fingerprint density at radius 3 is 2.40 bits per heavy atom. The van der Waals surface area contributed by atoms with Crippen molar-refractivity contribution in [3.63, 3.8) is 0 Å². The molecule has 0 atom stereocenters. The van der Waals surface area contributed by atoms with Gasteiger partial charge in [0.15, 0.2) is 0 Å². The van der Waals surface area contributed by atoms with Crippen LogP contribution in [0.1, 0.15) is 63.0 Å². The molecule has 0 aliphatic heterocycles. The van der Waals surface area contributed by atoms with Gasteiger partial charge >= 0.3 is 0 Å². The van der Waals surface area contributed by atoms with E-state index in [-0.39, 0.29) is 0 Å². The largest absolute Gasteiger partial charge is 0.380 e. The van der Waals surface area contributed by atoms with Crippen molar-refractivity contribution in [3.8, 4) is 0 Å². The van der Waals surface area contributed by atoms with E-state index in [0.717, 1.165) is 13.1 Å². The fourth-order valence-electron chi connectivity index (χ4n) is 2.44. The average Bonchev–Trinajstić information content (AvgIpc) is 2.46. The molecule has 0 aromatic heterocycles. The minimum Gasteiger partial charge on any atom is -0.380 e. The molecule has 0 aliphatic rings. The third kappa shape index (κ3) is 8.34. The molecule has 1 aromatic carbocycles. The highest BCUT2D eigenvalue weighted by atomic mass is 16.5. The molecular weight excluding hydrogens is 246 g/mol. The Morgan fingerprint density at radius 1 is 0.950 bits per heavy atom. The van der Waals surface area contributed by atoms with Crippen molar-refractivity contribution < 1.29 is 4.74 Å². The minimum atomic E-state index is 0.700. The first-order valence-electron chi connectivity index (χ1n) is 8.14. The van der Waals surface area contributed by atoms with E-state index in [1.54, 1.807) is 7.11 Å². The number of methoxy groups -OCH3 is 1.